The topological polar surface area (TPSA) is 47.6 Å². The number of carbonyl (C=O) groups is 1. The van der Waals surface area contributed by atoms with E-state index in [1.165, 1.54) is 21.8 Å². The van der Waals surface area contributed by atoms with Crippen molar-refractivity contribution in [1.82, 2.24) is 0 Å². The Morgan fingerprint density at radius 3 is 2.48 bits per heavy atom. The zero-order valence-corrected chi connectivity index (χ0v) is 13.5. The van der Waals surface area contributed by atoms with Gasteiger partial charge in [-0.2, -0.15) is 0 Å². The van der Waals surface area contributed by atoms with E-state index in [9.17, 15) is 4.79 Å². The van der Waals surface area contributed by atoms with Crippen molar-refractivity contribution in [2.75, 3.05) is 19.5 Å². The van der Waals surface area contributed by atoms with Crippen molar-refractivity contribution in [2.24, 2.45) is 0 Å². The van der Waals surface area contributed by atoms with Gasteiger partial charge in [-0.15, -0.1) is 11.3 Å². The van der Waals surface area contributed by atoms with E-state index in [-0.39, 0.29) is 5.91 Å². The van der Waals surface area contributed by atoms with Gasteiger partial charge in [-0.05, 0) is 37.1 Å². The summed E-state index contributed by atoms with van der Waals surface area (Å²) in [6.45, 7) is 4.13. The van der Waals surface area contributed by atoms with Crippen LogP contribution in [0.25, 0.3) is 0 Å². The molecule has 1 amide bonds. The van der Waals surface area contributed by atoms with Gasteiger partial charge < -0.3 is 14.8 Å². The van der Waals surface area contributed by atoms with Crippen molar-refractivity contribution < 1.29 is 14.3 Å². The SMILES string of the molecule is CCc1cc(C(=O)Nc2ccc(OC)c(OC)c2)sc1C. The maximum absolute atomic E-state index is 12.3. The number of rotatable bonds is 5. The molecule has 1 N–H and O–H groups in total. The lowest BCUT2D eigenvalue weighted by molar-refractivity contribution is 0.103. The molecule has 0 saturated heterocycles. The summed E-state index contributed by atoms with van der Waals surface area (Å²) in [5.74, 6) is 1.12. The van der Waals surface area contributed by atoms with Crippen molar-refractivity contribution >= 4 is 22.9 Å². The van der Waals surface area contributed by atoms with Gasteiger partial charge in [0, 0.05) is 16.6 Å². The monoisotopic (exact) mass is 305 g/mol. The largest absolute Gasteiger partial charge is 0.493 e. The fraction of sp³-hybridized carbons (Fsp3) is 0.312. The number of hydrogen-bond donors (Lipinski definition) is 1. The molecule has 112 valence electrons. The van der Waals surface area contributed by atoms with Gasteiger partial charge in [0.05, 0.1) is 19.1 Å². The lowest BCUT2D eigenvalue weighted by Crippen LogP contribution is -2.10. The van der Waals surface area contributed by atoms with E-state index in [1.807, 2.05) is 13.0 Å². The van der Waals surface area contributed by atoms with Gasteiger partial charge in [-0.25, -0.2) is 0 Å². The molecule has 0 bridgehead atoms. The lowest BCUT2D eigenvalue weighted by atomic mass is 10.2. The third-order valence-electron chi connectivity index (χ3n) is 3.27. The summed E-state index contributed by atoms with van der Waals surface area (Å²) < 4.78 is 10.4. The van der Waals surface area contributed by atoms with Crippen LogP contribution in [-0.2, 0) is 6.42 Å². The molecule has 5 heteroatoms. The Kier molecular flexibility index (Phi) is 4.85. The van der Waals surface area contributed by atoms with Crippen LogP contribution in [0.1, 0.15) is 27.0 Å². The summed E-state index contributed by atoms with van der Waals surface area (Å²) >= 11 is 1.52. The van der Waals surface area contributed by atoms with Gasteiger partial charge in [0.25, 0.3) is 5.91 Å². The van der Waals surface area contributed by atoms with Crippen molar-refractivity contribution in [3.05, 3.63) is 39.6 Å². The summed E-state index contributed by atoms with van der Waals surface area (Å²) in [4.78, 5) is 14.2. The second-order valence-corrected chi connectivity index (χ2v) is 5.83. The normalized spacial score (nSPS) is 10.3. The Bertz CT molecular complexity index is 649. The molecule has 0 atom stereocenters. The number of benzene rings is 1. The number of aryl methyl sites for hydroxylation is 2. The smallest absolute Gasteiger partial charge is 0.265 e. The zero-order chi connectivity index (χ0) is 15.4. The van der Waals surface area contributed by atoms with Crippen molar-refractivity contribution in [2.45, 2.75) is 20.3 Å². The number of ether oxygens (including phenoxy) is 2. The molecule has 0 aliphatic rings. The minimum Gasteiger partial charge on any atom is -0.493 e. The minimum atomic E-state index is -0.102. The van der Waals surface area contributed by atoms with Crippen LogP contribution >= 0.6 is 11.3 Å². The number of amides is 1. The average molecular weight is 305 g/mol. The predicted octanol–water partition coefficient (Wildman–Crippen LogP) is 3.89. The Balaban J connectivity index is 2.18. The van der Waals surface area contributed by atoms with Crippen LogP contribution in [0.5, 0.6) is 11.5 Å². The maximum Gasteiger partial charge on any atom is 0.265 e. The highest BCUT2D eigenvalue weighted by molar-refractivity contribution is 7.14. The van der Waals surface area contributed by atoms with Crippen LogP contribution < -0.4 is 14.8 Å². The molecule has 0 unspecified atom stereocenters. The first-order valence-corrected chi connectivity index (χ1v) is 7.53. The van der Waals surface area contributed by atoms with Crippen LogP contribution in [0.2, 0.25) is 0 Å². The van der Waals surface area contributed by atoms with Crippen LogP contribution in [0.3, 0.4) is 0 Å². The van der Waals surface area contributed by atoms with E-state index in [2.05, 4.69) is 12.2 Å². The number of nitrogens with one attached hydrogen (secondary N) is 1. The number of thiophene rings is 1. The molecular weight excluding hydrogens is 286 g/mol. The van der Waals surface area contributed by atoms with Gasteiger partial charge in [0.1, 0.15) is 0 Å². The van der Waals surface area contributed by atoms with Crippen LogP contribution in [0.15, 0.2) is 24.3 Å². The standard InChI is InChI=1S/C16H19NO3S/c1-5-11-8-15(21-10(11)2)16(18)17-12-6-7-13(19-3)14(9-12)20-4/h6-9H,5H2,1-4H3,(H,17,18). The van der Waals surface area contributed by atoms with Crippen molar-refractivity contribution in [1.29, 1.82) is 0 Å². The van der Waals surface area contributed by atoms with Crippen LogP contribution in [0.4, 0.5) is 5.69 Å². The molecule has 4 nitrogen and oxygen atoms in total. The maximum atomic E-state index is 12.3. The summed E-state index contributed by atoms with van der Waals surface area (Å²) in [5.41, 5.74) is 1.90. The first-order valence-electron chi connectivity index (χ1n) is 6.71. The Labute approximate surface area is 128 Å². The third-order valence-corrected chi connectivity index (χ3v) is 4.36. The molecule has 0 saturated carbocycles. The van der Waals surface area contributed by atoms with E-state index in [4.69, 9.17) is 9.47 Å². The minimum absolute atomic E-state index is 0.102. The number of hydrogen-bond acceptors (Lipinski definition) is 4. The molecule has 1 aromatic carbocycles. The van der Waals surface area contributed by atoms with Gasteiger partial charge in [0.15, 0.2) is 11.5 Å². The highest BCUT2D eigenvalue weighted by Crippen LogP contribution is 2.30. The molecule has 1 heterocycles. The number of methoxy groups -OCH3 is 2. The molecule has 1 aromatic heterocycles. The summed E-state index contributed by atoms with van der Waals surface area (Å²) in [6.07, 6.45) is 0.936. The summed E-state index contributed by atoms with van der Waals surface area (Å²) in [7, 11) is 3.15. The Morgan fingerprint density at radius 2 is 1.90 bits per heavy atom. The van der Waals surface area contributed by atoms with Gasteiger partial charge in [-0.3, -0.25) is 4.79 Å². The van der Waals surface area contributed by atoms with E-state index in [0.717, 1.165) is 11.3 Å². The van der Waals surface area contributed by atoms with Crippen molar-refractivity contribution in [3.63, 3.8) is 0 Å². The predicted molar refractivity (Wildman–Crippen MR) is 85.9 cm³/mol. The zero-order valence-electron chi connectivity index (χ0n) is 12.6. The molecular formula is C16H19NO3S. The molecule has 0 aliphatic heterocycles. The second-order valence-electron chi connectivity index (χ2n) is 4.57. The first kappa shape index (κ1) is 15.4. The average Bonchev–Trinajstić information content (AvgIpc) is 2.88. The van der Waals surface area contributed by atoms with E-state index in [1.54, 1.807) is 32.4 Å². The summed E-state index contributed by atoms with van der Waals surface area (Å²) in [6, 6.07) is 7.26. The molecule has 21 heavy (non-hydrogen) atoms. The number of carbonyl (C=O) groups excluding carboxylic acids is 1. The Hall–Kier alpha value is -2.01. The third kappa shape index (κ3) is 3.36. The van der Waals surface area contributed by atoms with Crippen LogP contribution in [-0.4, -0.2) is 20.1 Å². The number of anilines is 1. The molecule has 2 rings (SSSR count). The highest BCUT2D eigenvalue weighted by Gasteiger charge is 2.13. The summed E-state index contributed by atoms with van der Waals surface area (Å²) in [5, 5.41) is 2.88. The van der Waals surface area contributed by atoms with Crippen molar-refractivity contribution in [3.8, 4) is 11.5 Å². The van der Waals surface area contributed by atoms with E-state index in [0.29, 0.717) is 17.2 Å². The molecule has 0 spiro atoms. The van der Waals surface area contributed by atoms with Crippen LogP contribution in [0, 0.1) is 6.92 Å². The van der Waals surface area contributed by atoms with Gasteiger partial charge >= 0.3 is 0 Å². The molecule has 0 radical (unpaired) electrons. The molecule has 0 fully saturated rings. The molecule has 0 aliphatic carbocycles. The quantitative estimate of drug-likeness (QED) is 0.911. The lowest BCUT2D eigenvalue weighted by Gasteiger charge is -2.10. The van der Waals surface area contributed by atoms with Gasteiger partial charge in [-0.1, -0.05) is 6.92 Å². The first-order chi connectivity index (χ1) is 10.1. The second kappa shape index (κ2) is 6.63. The fourth-order valence-corrected chi connectivity index (χ4v) is 3.10. The van der Waals surface area contributed by atoms with E-state index >= 15 is 0 Å². The van der Waals surface area contributed by atoms with E-state index < -0.39 is 0 Å². The Morgan fingerprint density at radius 1 is 1.19 bits per heavy atom. The fourth-order valence-electron chi connectivity index (χ4n) is 2.09. The van der Waals surface area contributed by atoms with Gasteiger partial charge in [0.2, 0.25) is 0 Å². The molecule has 2 aromatic rings. The highest BCUT2D eigenvalue weighted by atomic mass is 32.1.